The third-order valence-electron chi connectivity index (χ3n) is 1.41. The molecular formula is C7H15N3O. The Kier molecular flexibility index (Phi) is 4.26. The molecule has 0 fully saturated rings. The van der Waals surface area contributed by atoms with Gasteiger partial charge in [-0.3, -0.25) is 9.79 Å². The molecule has 0 aromatic rings. The predicted octanol–water partition coefficient (Wildman–Crippen LogP) is -0.112. The van der Waals surface area contributed by atoms with E-state index in [1.54, 1.807) is 0 Å². The molecule has 64 valence electrons. The van der Waals surface area contributed by atoms with Crippen LogP contribution in [0, 0.1) is 0 Å². The van der Waals surface area contributed by atoms with Crippen molar-refractivity contribution < 1.29 is 4.79 Å². The van der Waals surface area contributed by atoms with Crippen LogP contribution in [0.1, 0.15) is 20.3 Å². The third-order valence-corrected chi connectivity index (χ3v) is 1.41. The van der Waals surface area contributed by atoms with Crippen molar-refractivity contribution in [1.82, 2.24) is 5.32 Å². The number of nitrogens with zero attached hydrogens (tertiary/aromatic N) is 1. The molecule has 0 aromatic carbocycles. The third kappa shape index (κ3) is 3.60. The molecule has 0 aliphatic heterocycles. The number of likely N-dealkylation sites (N-methyl/N-ethyl adjacent to an activating group) is 1. The van der Waals surface area contributed by atoms with E-state index in [4.69, 9.17) is 5.73 Å². The second-order valence-corrected chi connectivity index (χ2v) is 2.35. The van der Waals surface area contributed by atoms with Crippen LogP contribution in [0.5, 0.6) is 0 Å². The topological polar surface area (TPSA) is 67.5 Å². The van der Waals surface area contributed by atoms with E-state index in [1.165, 1.54) is 7.05 Å². The zero-order valence-corrected chi connectivity index (χ0v) is 7.22. The quantitative estimate of drug-likeness (QED) is 0.434. The van der Waals surface area contributed by atoms with Gasteiger partial charge in [0.25, 0.3) is 5.91 Å². The normalized spacial score (nSPS) is 14.3. The number of carbonyl (C=O) groups excluding carboxylic acids is 1. The standard InChI is InChI=1S/C7H15N3O/c1-4-5(2)10-6(8)7(11)9-3/h5H,4H2,1-3H3,(H2,8,10)(H,9,11). The molecule has 0 radical (unpaired) electrons. The predicted molar refractivity (Wildman–Crippen MR) is 45.4 cm³/mol. The van der Waals surface area contributed by atoms with E-state index in [9.17, 15) is 4.79 Å². The number of hydrogen-bond donors (Lipinski definition) is 2. The van der Waals surface area contributed by atoms with Gasteiger partial charge in [-0.05, 0) is 13.3 Å². The number of hydrogen-bond acceptors (Lipinski definition) is 2. The van der Waals surface area contributed by atoms with E-state index in [0.29, 0.717) is 0 Å². The van der Waals surface area contributed by atoms with E-state index in [1.807, 2.05) is 13.8 Å². The fourth-order valence-corrected chi connectivity index (χ4v) is 0.515. The average molecular weight is 157 g/mol. The van der Waals surface area contributed by atoms with Gasteiger partial charge in [0.05, 0.1) is 0 Å². The molecule has 0 saturated heterocycles. The van der Waals surface area contributed by atoms with Crippen LogP contribution in [0.15, 0.2) is 4.99 Å². The molecular weight excluding hydrogens is 142 g/mol. The molecule has 0 spiro atoms. The molecule has 0 aliphatic carbocycles. The zero-order chi connectivity index (χ0) is 8.85. The second-order valence-electron chi connectivity index (χ2n) is 2.35. The first-order valence-electron chi connectivity index (χ1n) is 3.67. The van der Waals surface area contributed by atoms with Gasteiger partial charge in [0.2, 0.25) is 0 Å². The van der Waals surface area contributed by atoms with Gasteiger partial charge < -0.3 is 11.1 Å². The van der Waals surface area contributed by atoms with Gasteiger partial charge in [-0.25, -0.2) is 0 Å². The highest BCUT2D eigenvalue weighted by molar-refractivity contribution is 6.37. The molecule has 0 saturated carbocycles. The van der Waals surface area contributed by atoms with Crippen molar-refractivity contribution in [3.63, 3.8) is 0 Å². The summed E-state index contributed by atoms with van der Waals surface area (Å²) in [5, 5.41) is 2.40. The highest BCUT2D eigenvalue weighted by Gasteiger charge is 2.04. The van der Waals surface area contributed by atoms with Crippen LogP contribution in [0.2, 0.25) is 0 Å². The van der Waals surface area contributed by atoms with Crippen molar-refractivity contribution in [3.05, 3.63) is 0 Å². The Hall–Kier alpha value is -1.06. The SMILES string of the molecule is CCC(C)N=C(N)C(=O)NC. The Morgan fingerprint density at radius 3 is 2.64 bits per heavy atom. The monoisotopic (exact) mass is 157 g/mol. The summed E-state index contributed by atoms with van der Waals surface area (Å²) in [7, 11) is 1.53. The molecule has 3 N–H and O–H groups in total. The fraction of sp³-hybridized carbons (Fsp3) is 0.714. The minimum absolute atomic E-state index is 0.0573. The number of aliphatic imine (C=N–C) groups is 1. The summed E-state index contributed by atoms with van der Waals surface area (Å²) in [6.07, 6.45) is 0.887. The minimum Gasteiger partial charge on any atom is -0.379 e. The van der Waals surface area contributed by atoms with Crippen molar-refractivity contribution in [3.8, 4) is 0 Å². The van der Waals surface area contributed by atoms with Crippen molar-refractivity contribution in [1.29, 1.82) is 0 Å². The maximum atomic E-state index is 10.8. The number of nitrogens with one attached hydrogen (secondary N) is 1. The number of carbonyl (C=O) groups is 1. The zero-order valence-electron chi connectivity index (χ0n) is 7.22. The molecule has 0 aliphatic rings. The summed E-state index contributed by atoms with van der Waals surface area (Å²) in [5.74, 6) is -0.257. The van der Waals surface area contributed by atoms with Crippen molar-refractivity contribution in [2.45, 2.75) is 26.3 Å². The van der Waals surface area contributed by atoms with E-state index in [0.717, 1.165) is 6.42 Å². The summed E-state index contributed by atoms with van der Waals surface area (Å²) in [4.78, 5) is 14.7. The lowest BCUT2D eigenvalue weighted by Crippen LogP contribution is -2.34. The first-order chi connectivity index (χ1) is 5.11. The highest BCUT2D eigenvalue weighted by Crippen LogP contribution is 1.93. The van der Waals surface area contributed by atoms with Gasteiger partial charge in [-0.1, -0.05) is 6.92 Å². The van der Waals surface area contributed by atoms with Crippen LogP contribution in [-0.4, -0.2) is 24.8 Å². The molecule has 4 nitrogen and oxygen atoms in total. The van der Waals surface area contributed by atoms with Gasteiger partial charge in [-0.2, -0.15) is 0 Å². The Balaban J connectivity index is 4.09. The number of amides is 1. The molecule has 0 heterocycles. The smallest absolute Gasteiger partial charge is 0.285 e. The van der Waals surface area contributed by atoms with Crippen molar-refractivity contribution >= 4 is 11.7 Å². The van der Waals surface area contributed by atoms with Gasteiger partial charge in [0, 0.05) is 13.1 Å². The average Bonchev–Trinajstić information content (AvgIpc) is 2.02. The van der Waals surface area contributed by atoms with Gasteiger partial charge in [-0.15, -0.1) is 0 Å². The summed E-state index contributed by atoms with van der Waals surface area (Å²) in [6, 6.07) is 0.118. The van der Waals surface area contributed by atoms with E-state index in [2.05, 4.69) is 10.3 Å². The van der Waals surface area contributed by atoms with Crippen molar-refractivity contribution in [2.24, 2.45) is 10.7 Å². The van der Waals surface area contributed by atoms with Gasteiger partial charge in [0.1, 0.15) is 0 Å². The molecule has 0 rings (SSSR count). The highest BCUT2D eigenvalue weighted by atomic mass is 16.2. The van der Waals surface area contributed by atoms with Gasteiger partial charge in [0.15, 0.2) is 5.84 Å². The van der Waals surface area contributed by atoms with Crippen LogP contribution in [0.3, 0.4) is 0 Å². The maximum absolute atomic E-state index is 10.8. The molecule has 0 aromatic heterocycles. The van der Waals surface area contributed by atoms with E-state index in [-0.39, 0.29) is 17.8 Å². The summed E-state index contributed by atoms with van der Waals surface area (Å²) >= 11 is 0. The number of amidine groups is 1. The van der Waals surface area contributed by atoms with Crippen LogP contribution < -0.4 is 11.1 Å². The summed E-state index contributed by atoms with van der Waals surface area (Å²) in [5.41, 5.74) is 5.34. The Morgan fingerprint density at radius 1 is 1.73 bits per heavy atom. The van der Waals surface area contributed by atoms with E-state index >= 15 is 0 Å². The minimum atomic E-state index is -0.315. The Bertz CT molecular complexity index is 165. The largest absolute Gasteiger partial charge is 0.379 e. The molecule has 1 unspecified atom stereocenters. The summed E-state index contributed by atoms with van der Waals surface area (Å²) < 4.78 is 0. The maximum Gasteiger partial charge on any atom is 0.285 e. The first kappa shape index (κ1) is 9.94. The molecule has 11 heavy (non-hydrogen) atoms. The lowest BCUT2D eigenvalue weighted by molar-refractivity contribution is -0.114. The van der Waals surface area contributed by atoms with Gasteiger partial charge >= 0.3 is 0 Å². The molecule has 1 amide bonds. The lowest BCUT2D eigenvalue weighted by atomic mass is 10.3. The lowest BCUT2D eigenvalue weighted by Gasteiger charge is -2.03. The first-order valence-corrected chi connectivity index (χ1v) is 3.67. The van der Waals surface area contributed by atoms with Crippen LogP contribution in [-0.2, 0) is 4.79 Å². The number of nitrogens with two attached hydrogens (primary N) is 1. The van der Waals surface area contributed by atoms with Crippen LogP contribution >= 0.6 is 0 Å². The number of rotatable bonds is 2. The molecule has 4 heteroatoms. The molecule has 0 bridgehead atoms. The van der Waals surface area contributed by atoms with Crippen molar-refractivity contribution in [2.75, 3.05) is 7.05 Å². The Labute approximate surface area is 66.9 Å². The Morgan fingerprint density at radius 2 is 2.27 bits per heavy atom. The summed E-state index contributed by atoms with van der Waals surface area (Å²) in [6.45, 7) is 3.90. The second kappa shape index (κ2) is 4.71. The van der Waals surface area contributed by atoms with Crippen LogP contribution in [0.25, 0.3) is 0 Å². The molecule has 1 atom stereocenters. The van der Waals surface area contributed by atoms with E-state index < -0.39 is 0 Å². The fourth-order valence-electron chi connectivity index (χ4n) is 0.515. The van der Waals surface area contributed by atoms with Crippen LogP contribution in [0.4, 0.5) is 0 Å².